The van der Waals surface area contributed by atoms with Gasteiger partial charge in [-0.1, -0.05) is 49.9 Å². The first-order chi connectivity index (χ1) is 9.22. The summed E-state index contributed by atoms with van der Waals surface area (Å²) in [5, 5.41) is 3.74. The molecule has 0 spiro atoms. The van der Waals surface area contributed by atoms with E-state index in [9.17, 15) is 4.39 Å². The molecule has 1 aromatic carbocycles. The van der Waals surface area contributed by atoms with Crippen LogP contribution in [-0.4, -0.2) is 6.04 Å². The van der Waals surface area contributed by atoms with E-state index < -0.39 is 0 Å². The second-order valence-electron chi connectivity index (χ2n) is 5.51. The van der Waals surface area contributed by atoms with Crippen molar-refractivity contribution in [2.45, 2.75) is 58.0 Å². The molecule has 1 saturated carbocycles. The fourth-order valence-corrected chi connectivity index (χ4v) is 3.30. The number of benzene rings is 1. The number of halogens is 2. The van der Waals surface area contributed by atoms with E-state index in [-0.39, 0.29) is 10.8 Å². The Hall–Kier alpha value is -0.600. The molecule has 0 aromatic heterocycles. The zero-order chi connectivity index (χ0) is 13.7. The Balaban J connectivity index is 1.93. The van der Waals surface area contributed by atoms with Crippen molar-refractivity contribution in [2.75, 3.05) is 0 Å². The highest BCUT2D eigenvalue weighted by atomic mass is 35.5. The topological polar surface area (TPSA) is 12.0 Å². The van der Waals surface area contributed by atoms with Crippen LogP contribution in [-0.2, 0) is 6.54 Å². The van der Waals surface area contributed by atoms with E-state index in [0.717, 1.165) is 12.3 Å². The highest BCUT2D eigenvalue weighted by molar-refractivity contribution is 6.30. The van der Waals surface area contributed by atoms with E-state index >= 15 is 0 Å². The van der Waals surface area contributed by atoms with E-state index in [0.29, 0.717) is 18.2 Å². The molecule has 0 aliphatic heterocycles. The summed E-state index contributed by atoms with van der Waals surface area (Å²) < 4.78 is 13.8. The van der Waals surface area contributed by atoms with E-state index in [1.807, 2.05) is 12.1 Å². The molecule has 1 aliphatic carbocycles. The molecule has 1 unspecified atom stereocenters. The van der Waals surface area contributed by atoms with Gasteiger partial charge in [0.2, 0.25) is 0 Å². The molecule has 1 fully saturated rings. The van der Waals surface area contributed by atoms with Crippen LogP contribution in [0.3, 0.4) is 0 Å². The van der Waals surface area contributed by atoms with Crippen molar-refractivity contribution in [2.24, 2.45) is 5.92 Å². The van der Waals surface area contributed by atoms with Gasteiger partial charge in [0, 0.05) is 18.2 Å². The maximum atomic E-state index is 13.8. The Morgan fingerprint density at radius 3 is 2.74 bits per heavy atom. The molecule has 0 saturated heterocycles. The Bertz CT molecular complexity index is 402. The quantitative estimate of drug-likeness (QED) is 0.808. The molecule has 0 heterocycles. The largest absolute Gasteiger partial charge is 0.310 e. The van der Waals surface area contributed by atoms with Gasteiger partial charge in [-0.15, -0.1) is 0 Å². The van der Waals surface area contributed by atoms with Gasteiger partial charge in [0.1, 0.15) is 5.82 Å². The van der Waals surface area contributed by atoms with Gasteiger partial charge in [-0.3, -0.25) is 0 Å². The molecule has 3 heteroatoms. The lowest BCUT2D eigenvalue weighted by molar-refractivity contribution is 0.261. The van der Waals surface area contributed by atoms with Crippen molar-refractivity contribution in [3.05, 3.63) is 34.6 Å². The van der Waals surface area contributed by atoms with Crippen molar-refractivity contribution in [1.29, 1.82) is 0 Å². The lowest BCUT2D eigenvalue weighted by Gasteiger charge is -2.30. The third-order valence-corrected chi connectivity index (χ3v) is 4.54. The van der Waals surface area contributed by atoms with Crippen molar-refractivity contribution >= 4 is 11.6 Å². The second kappa shape index (κ2) is 7.25. The van der Waals surface area contributed by atoms with Gasteiger partial charge in [-0.25, -0.2) is 4.39 Å². The third-order valence-electron chi connectivity index (χ3n) is 4.24. The van der Waals surface area contributed by atoms with E-state index in [4.69, 9.17) is 11.6 Å². The first-order valence-corrected chi connectivity index (χ1v) is 7.76. The number of rotatable bonds is 5. The normalized spacial score (nSPS) is 18.5. The van der Waals surface area contributed by atoms with Crippen LogP contribution >= 0.6 is 11.6 Å². The molecule has 2 rings (SSSR count). The summed E-state index contributed by atoms with van der Waals surface area (Å²) in [6.07, 6.45) is 7.78. The molecule has 1 N–H and O–H groups in total. The molecule has 0 bridgehead atoms. The van der Waals surface area contributed by atoms with Crippen LogP contribution in [0.25, 0.3) is 0 Å². The summed E-state index contributed by atoms with van der Waals surface area (Å²) in [6, 6.07) is 5.71. The van der Waals surface area contributed by atoms with Gasteiger partial charge < -0.3 is 5.32 Å². The minimum absolute atomic E-state index is 0.213. The van der Waals surface area contributed by atoms with Gasteiger partial charge in [0.05, 0.1) is 5.02 Å². The Labute approximate surface area is 120 Å². The second-order valence-corrected chi connectivity index (χ2v) is 5.91. The summed E-state index contributed by atoms with van der Waals surface area (Å²) in [5.74, 6) is 0.469. The molecule has 0 amide bonds. The van der Waals surface area contributed by atoms with Crippen LogP contribution in [0.5, 0.6) is 0 Å². The zero-order valence-electron chi connectivity index (χ0n) is 11.6. The summed E-state index contributed by atoms with van der Waals surface area (Å²) >= 11 is 5.81. The van der Waals surface area contributed by atoms with Gasteiger partial charge in [-0.05, 0) is 31.2 Å². The van der Waals surface area contributed by atoms with Crippen molar-refractivity contribution in [3.63, 3.8) is 0 Å². The summed E-state index contributed by atoms with van der Waals surface area (Å²) in [4.78, 5) is 0. The summed E-state index contributed by atoms with van der Waals surface area (Å²) in [5.41, 5.74) is 0.668. The average molecular weight is 284 g/mol. The van der Waals surface area contributed by atoms with Crippen molar-refractivity contribution in [3.8, 4) is 0 Å². The lowest BCUT2D eigenvalue weighted by atomic mass is 9.83. The minimum atomic E-state index is -0.282. The van der Waals surface area contributed by atoms with Gasteiger partial charge >= 0.3 is 0 Å². The molecule has 1 aromatic rings. The fourth-order valence-electron chi connectivity index (χ4n) is 3.11. The molecule has 106 valence electrons. The Morgan fingerprint density at radius 2 is 2.05 bits per heavy atom. The molecule has 1 aliphatic rings. The standard InChI is InChI=1S/C16H23ClFN/c1-2-15(12-7-4-3-5-8-12)19-11-13-9-6-10-14(17)16(13)18/h6,9-10,12,15,19H,2-5,7-8,11H2,1H3. The van der Waals surface area contributed by atoms with Gasteiger partial charge in [0.15, 0.2) is 0 Å². The monoisotopic (exact) mass is 283 g/mol. The molecular formula is C16H23ClFN. The fraction of sp³-hybridized carbons (Fsp3) is 0.625. The third kappa shape index (κ3) is 3.93. The highest BCUT2D eigenvalue weighted by Gasteiger charge is 2.22. The Morgan fingerprint density at radius 1 is 1.32 bits per heavy atom. The van der Waals surface area contributed by atoms with Crippen LogP contribution in [0.1, 0.15) is 51.0 Å². The predicted molar refractivity (Wildman–Crippen MR) is 78.9 cm³/mol. The number of hydrogen-bond donors (Lipinski definition) is 1. The number of nitrogens with one attached hydrogen (secondary N) is 1. The SMILES string of the molecule is CCC(NCc1cccc(Cl)c1F)C1CCCCC1. The van der Waals surface area contributed by atoms with Crippen LogP contribution < -0.4 is 5.32 Å². The molecular weight excluding hydrogens is 261 g/mol. The van der Waals surface area contributed by atoms with Gasteiger partial charge in [0.25, 0.3) is 0 Å². The van der Waals surface area contributed by atoms with Crippen molar-refractivity contribution < 1.29 is 4.39 Å². The molecule has 1 nitrogen and oxygen atoms in total. The zero-order valence-corrected chi connectivity index (χ0v) is 12.3. The van der Waals surface area contributed by atoms with E-state index in [2.05, 4.69) is 12.2 Å². The first kappa shape index (κ1) is 14.8. The highest BCUT2D eigenvalue weighted by Crippen LogP contribution is 2.28. The first-order valence-electron chi connectivity index (χ1n) is 7.38. The predicted octanol–water partition coefficient (Wildman–Crippen LogP) is 4.93. The maximum absolute atomic E-state index is 13.8. The van der Waals surface area contributed by atoms with Crippen LogP contribution in [0, 0.1) is 11.7 Å². The Kier molecular flexibility index (Phi) is 5.65. The van der Waals surface area contributed by atoms with Crippen LogP contribution in [0.2, 0.25) is 5.02 Å². The van der Waals surface area contributed by atoms with Crippen LogP contribution in [0.4, 0.5) is 4.39 Å². The molecule has 1 atom stereocenters. The number of hydrogen-bond acceptors (Lipinski definition) is 1. The molecule has 0 radical (unpaired) electrons. The van der Waals surface area contributed by atoms with Crippen molar-refractivity contribution in [1.82, 2.24) is 5.32 Å². The maximum Gasteiger partial charge on any atom is 0.146 e. The van der Waals surface area contributed by atoms with Crippen LogP contribution in [0.15, 0.2) is 18.2 Å². The minimum Gasteiger partial charge on any atom is -0.310 e. The summed E-state index contributed by atoms with van der Waals surface area (Å²) in [7, 11) is 0. The molecule has 19 heavy (non-hydrogen) atoms. The van der Waals surface area contributed by atoms with E-state index in [1.54, 1.807) is 6.07 Å². The van der Waals surface area contributed by atoms with Gasteiger partial charge in [-0.2, -0.15) is 0 Å². The lowest BCUT2D eigenvalue weighted by Crippen LogP contribution is -2.36. The summed E-state index contributed by atoms with van der Waals surface area (Å²) in [6.45, 7) is 2.78. The average Bonchev–Trinajstić information content (AvgIpc) is 2.45. The smallest absolute Gasteiger partial charge is 0.146 e. The van der Waals surface area contributed by atoms with E-state index in [1.165, 1.54) is 32.1 Å².